The van der Waals surface area contributed by atoms with E-state index in [1.165, 1.54) is 0 Å². The van der Waals surface area contributed by atoms with Crippen LogP contribution in [0.2, 0.25) is 0 Å². The molecule has 3 nitrogen and oxygen atoms in total. The van der Waals surface area contributed by atoms with Gasteiger partial charge in [0.2, 0.25) is 0 Å². The molecule has 18 heavy (non-hydrogen) atoms. The molecule has 1 aromatic heterocycles. The second-order valence-corrected chi connectivity index (χ2v) is 4.82. The van der Waals surface area contributed by atoms with Crippen molar-refractivity contribution < 1.29 is 9.53 Å². The number of carbonyl (C=O) groups excluding carboxylic acids is 1. The zero-order valence-corrected chi connectivity index (χ0v) is 11.7. The van der Waals surface area contributed by atoms with E-state index in [-0.39, 0.29) is 0 Å². The van der Waals surface area contributed by atoms with E-state index in [1.54, 1.807) is 6.20 Å². The van der Waals surface area contributed by atoms with Crippen molar-refractivity contribution in [1.82, 2.24) is 4.98 Å². The van der Waals surface area contributed by atoms with E-state index in [1.807, 2.05) is 18.2 Å². The highest BCUT2D eigenvalue weighted by atomic mass is 79.9. The van der Waals surface area contributed by atoms with Crippen LogP contribution in [0.15, 0.2) is 28.9 Å². The Morgan fingerprint density at radius 3 is 3.00 bits per heavy atom. The number of rotatable bonds is 5. The Labute approximate surface area is 114 Å². The van der Waals surface area contributed by atoms with Crippen LogP contribution >= 0.6 is 15.9 Å². The maximum absolute atomic E-state index is 10.8. The first-order valence-electron chi connectivity index (χ1n) is 5.92. The van der Waals surface area contributed by atoms with E-state index in [0.29, 0.717) is 5.69 Å². The summed E-state index contributed by atoms with van der Waals surface area (Å²) in [6.07, 6.45) is 4.60. The van der Waals surface area contributed by atoms with Gasteiger partial charge < -0.3 is 4.74 Å². The van der Waals surface area contributed by atoms with E-state index in [2.05, 4.69) is 27.8 Å². The van der Waals surface area contributed by atoms with E-state index in [4.69, 9.17) is 4.74 Å². The number of ether oxygens (including phenoxy) is 1. The first-order valence-corrected chi connectivity index (χ1v) is 6.71. The number of aldehydes is 1. The second-order valence-electron chi connectivity index (χ2n) is 4.03. The van der Waals surface area contributed by atoms with Gasteiger partial charge in [-0.1, -0.05) is 13.3 Å². The molecule has 0 saturated heterocycles. The third-order valence-electron chi connectivity index (χ3n) is 2.71. The molecule has 2 aromatic rings. The van der Waals surface area contributed by atoms with E-state index in [0.717, 1.165) is 46.7 Å². The van der Waals surface area contributed by atoms with E-state index in [9.17, 15) is 4.79 Å². The molecule has 0 unspecified atom stereocenters. The van der Waals surface area contributed by atoms with Crippen molar-refractivity contribution in [3.05, 3.63) is 34.6 Å². The topological polar surface area (TPSA) is 39.2 Å². The van der Waals surface area contributed by atoms with Crippen LogP contribution in [0, 0.1) is 0 Å². The number of pyridine rings is 1. The van der Waals surface area contributed by atoms with Crippen molar-refractivity contribution in [3.8, 4) is 5.75 Å². The van der Waals surface area contributed by atoms with Crippen LogP contribution in [0.25, 0.3) is 10.8 Å². The first kappa shape index (κ1) is 13.0. The van der Waals surface area contributed by atoms with Crippen molar-refractivity contribution in [1.29, 1.82) is 0 Å². The Morgan fingerprint density at radius 2 is 2.28 bits per heavy atom. The number of hydrogen-bond acceptors (Lipinski definition) is 3. The Kier molecular flexibility index (Phi) is 4.31. The number of nitrogens with zero attached hydrogens (tertiary/aromatic N) is 1. The molecule has 0 fully saturated rings. The number of hydrogen-bond donors (Lipinski definition) is 0. The first-order chi connectivity index (χ1) is 8.76. The van der Waals surface area contributed by atoms with Gasteiger partial charge in [-0.25, -0.2) is 0 Å². The molecule has 1 heterocycles. The Balaban J connectivity index is 2.32. The zero-order chi connectivity index (χ0) is 13.0. The molecule has 0 aliphatic rings. The molecule has 0 bridgehead atoms. The van der Waals surface area contributed by atoms with Gasteiger partial charge in [-0.3, -0.25) is 9.78 Å². The third-order valence-corrected chi connectivity index (χ3v) is 3.54. The number of fused-ring (bicyclic) bond motifs is 1. The lowest BCUT2D eigenvalue weighted by molar-refractivity contribution is 0.111. The summed E-state index contributed by atoms with van der Waals surface area (Å²) in [4.78, 5) is 14.9. The van der Waals surface area contributed by atoms with Crippen LogP contribution in [-0.2, 0) is 0 Å². The molecule has 0 saturated carbocycles. The lowest BCUT2D eigenvalue weighted by atomic mass is 10.1. The van der Waals surface area contributed by atoms with Crippen molar-refractivity contribution in [2.45, 2.75) is 19.8 Å². The quantitative estimate of drug-likeness (QED) is 0.619. The van der Waals surface area contributed by atoms with Crippen LogP contribution in [0.5, 0.6) is 5.75 Å². The summed E-state index contributed by atoms with van der Waals surface area (Å²) >= 11 is 3.40. The maximum Gasteiger partial charge on any atom is 0.169 e. The smallest absolute Gasteiger partial charge is 0.169 e. The predicted molar refractivity (Wildman–Crippen MR) is 75.2 cm³/mol. The standard InChI is InChI=1S/C14H14BrNO2/c1-2-3-6-18-11-4-5-12-10(7-11)8-16-13(9-17)14(12)15/h4-5,7-9H,2-3,6H2,1H3. The van der Waals surface area contributed by atoms with E-state index >= 15 is 0 Å². The van der Waals surface area contributed by atoms with Crippen LogP contribution in [-0.4, -0.2) is 17.9 Å². The molecule has 1 aromatic carbocycles. The summed E-state index contributed by atoms with van der Waals surface area (Å²) in [5, 5.41) is 1.93. The van der Waals surface area contributed by atoms with Gasteiger partial charge in [0.1, 0.15) is 11.4 Å². The molecule has 0 aliphatic heterocycles. The van der Waals surface area contributed by atoms with Gasteiger partial charge in [-0.05, 0) is 45.9 Å². The van der Waals surface area contributed by atoms with Gasteiger partial charge in [-0.15, -0.1) is 0 Å². The van der Waals surface area contributed by atoms with Gasteiger partial charge in [0.25, 0.3) is 0 Å². The van der Waals surface area contributed by atoms with Crippen molar-refractivity contribution in [2.75, 3.05) is 6.61 Å². The summed E-state index contributed by atoms with van der Waals surface area (Å²) in [5.41, 5.74) is 0.419. The number of benzene rings is 1. The second kappa shape index (κ2) is 5.96. The minimum absolute atomic E-state index is 0.419. The van der Waals surface area contributed by atoms with Gasteiger partial charge in [0, 0.05) is 11.6 Å². The highest BCUT2D eigenvalue weighted by molar-refractivity contribution is 9.10. The molecule has 0 N–H and O–H groups in total. The summed E-state index contributed by atoms with van der Waals surface area (Å²) in [6, 6.07) is 5.80. The minimum atomic E-state index is 0.419. The van der Waals surface area contributed by atoms with Crippen LogP contribution < -0.4 is 4.74 Å². The predicted octanol–water partition coefficient (Wildman–Crippen LogP) is 3.99. The summed E-state index contributed by atoms with van der Waals surface area (Å²) in [7, 11) is 0. The normalized spacial score (nSPS) is 10.6. The molecule has 0 atom stereocenters. The molecule has 0 aliphatic carbocycles. The largest absolute Gasteiger partial charge is 0.494 e. The highest BCUT2D eigenvalue weighted by Gasteiger charge is 2.06. The fourth-order valence-corrected chi connectivity index (χ4v) is 2.24. The molecule has 2 rings (SSSR count). The van der Waals surface area contributed by atoms with Crippen LogP contribution in [0.3, 0.4) is 0 Å². The average Bonchev–Trinajstić information content (AvgIpc) is 2.39. The summed E-state index contributed by atoms with van der Waals surface area (Å²) in [6.45, 7) is 2.86. The number of unbranched alkanes of at least 4 members (excludes halogenated alkanes) is 1. The van der Waals surface area contributed by atoms with Gasteiger partial charge >= 0.3 is 0 Å². The maximum atomic E-state index is 10.8. The molecule has 94 valence electrons. The lowest BCUT2D eigenvalue weighted by Crippen LogP contribution is -1.96. The molecule has 4 heteroatoms. The molecular formula is C14H14BrNO2. The van der Waals surface area contributed by atoms with Crippen molar-refractivity contribution in [3.63, 3.8) is 0 Å². The monoisotopic (exact) mass is 307 g/mol. The van der Waals surface area contributed by atoms with Crippen molar-refractivity contribution >= 4 is 33.0 Å². The van der Waals surface area contributed by atoms with Gasteiger partial charge in [0.15, 0.2) is 6.29 Å². The number of aromatic nitrogens is 1. The molecule has 0 amide bonds. The lowest BCUT2D eigenvalue weighted by Gasteiger charge is -2.07. The fourth-order valence-electron chi connectivity index (χ4n) is 1.69. The Hall–Kier alpha value is -1.42. The third kappa shape index (κ3) is 2.70. The molecular weight excluding hydrogens is 294 g/mol. The Bertz CT molecular complexity index is 569. The minimum Gasteiger partial charge on any atom is -0.494 e. The van der Waals surface area contributed by atoms with Gasteiger partial charge in [0.05, 0.1) is 11.1 Å². The number of carbonyl (C=O) groups is 1. The average molecular weight is 308 g/mol. The zero-order valence-electron chi connectivity index (χ0n) is 10.1. The molecule has 0 spiro atoms. The van der Waals surface area contributed by atoms with Gasteiger partial charge in [-0.2, -0.15) is 0 Å². The fraction of sp³-hybridized carbons (Fsp3) is 0.286. The SMILES string of the molecule is CCCCOc1ccc2c(Br)c(C=O)ncc2c1. The van der Waals surface area contributed by atoms with Crippen LogP contribution in [0.1, 0.15) is 30.3 Å². The van der Waals surface area contributed by atoms with Crippen LogP contribution in [0.4, 0.5) is 0 Å². The van der Waals surface area contributed by atoms with Crippen molar-refractivity contribution in [2.24, 2.45) is 0 Å². The van der Waals surface area contributed by atoms with E-state index < -0.39 is 0 Å². The Morgan fingerprint density at radius 1 is 1.44 bits per heavy atom. The number of halogens is 1. The summed E-state index contributed by atoms with van der Waals surface area (Å²) in [5.74, 6) is 0.837. The molecule has 0 radical (unpaired) electrons. The highest BCUT2D eigenvalue weighted by Crippen LogP contribution is 2.28. The summed E-state index contributed by atoms with van der Waals surface area (Å²) < 4.78 is 6.37.